The van der Waals surface area contributed by atoms with Gasteiger partial charge in [0.05, 0.1) is 12.3 Å². The summed E-state index contributed by atoms with van der Waals surface area (Å²) in [5, 5.41) is 15.6. The second-order valence-corrected chi connectivity index (χ2v) is 4.18. The zero-order valence-electron chi connectivity index (χ0n) is 10.4. The third-order valence-corrected chi connectivity index (χ3v) is 2.56. The van der Waals surface area contributed by atoms with Gasteiger partial charge in [-0.15, -0.1) is 0 Å². The minimum atomic E-state index is -0.359. The van der Waals surface area contributed by atoms with Crippen LogP contribution in [0.3, 0.4) is 0 Å². The number of aliphatic hydroxyl groups is 1. The Kier molecular flexibility index (Phi) is 3.91. The van der Waals surface area contributed by atoms with Gasteiger partial charge in [0.2, 0.25) is 0 Å². The molecular weight excluding hydrogens is 249 g/mol. The average Bonchev–Trinajstić information content (AvgIpc) is 2.89. The van der Waals surface area contributed by atoms with Crippen LogP contribution in [0.5, 0.6) is 0 Å². The third kappa shape index (κ3) is 3.17. The summed E-state index contributed by atoms with van der Waals surface area (Å²) < 4.78 is 14.3. The van der Waals surface area contributed by atoms with Gasteiger partial charge < -0.3 is 10.4 Å². The van der Waals surface area contributed by atoms with E-state index in [2.05, 4.69) is 10.4 Å². The number of nitrogens with one attached hydrogen (secondary N) is 1. The number of hydrogen-bond acceptors (Lipinski definition) is 3. The van der Waals surface area contributed by atoms with Gasteiger partial charge in [0, 0.05) is 12.2 Å². The van der Waals surface area contributed by atoms with Crippen molar-refractivity contribution >= 4 is 5.91 Å². The topological polar surface area (TPSA) is 67.2 Å². The largest absolute Gasteiger partial charge is 0.394 e. The summed E-state index contributed by atoms with van der Waals surface area (Å²) in [5.74, 6) is -0.687. The molecule has 0 saturated heterocycles. The Morgan fingerprint density at radius 1 is 1.42 bits per heavy atom. The fourth-order valence-corrected chi connectivity index (χ4v) is 1.53. The van der Waals surface area contributed by atoms with Gasteiger partial charge in [-0.3, -0.25) is 4.79 Å². The van der Waals surface area contributed by atoms with E-state index < -0.39 is 0 Å². The summed E-state index contributed by atoms with van der Waals surface area (Å²) >= 11 is 0. The summed E-state index contributed by atoms with van der Waals surface area (Å²) in [6.45, 7) is 1.55. The molecule has 5 nitrogen and oxygen atoms in total. The molecule has 2 aromatic rings. The predicted octanol–water partition coefficient (Wildman–Crippen LogP) is 1.12. The van der Waals surface area contributed by atoms with Gasteiger partial charge in [-0.2, -0.15) is 5.10 Å². The Bertz CT molecular complexity index is 566. The predicted molar refractivity (Wildman–Crippen MR) is 67.5 cm³/mol. The highest BCUT2D eigenvalue weighted by Gasteiger charge is 2.12. The lowest BCUT2D eigenvalue weighted by Gasteiger charge is -2.08. The van der Waals surface area contributed by atoms with E-state index in [9.17, 15) is 9.18 Å². The summed E-state index contributed by atoms with van der Waals surface area (Å²) in [6, 6.07) is 7.02. The molecule has 1 aromatic heterocycles. The van der Waals surface area contributed by atoms with E-state index >= 15 is 0 Å². The van der Waals surface area contributed by atoms with Gasteiger partial charge in [-0.1, -0.05) is 0 Å². The van der Waals surface area contributed by atoms with Crippen molar-refractivity contribution in [2.75, 3.05) is 6.61 Å². The molecule has 1 aromatic carbocycles. The SMILES string of the molecule is C[C@@H](CO)NC(=O)c1ccn(-c2ccc(F)cc2)n1. The van der Waals surface area contributed by atoms with E-state index in [1.165, 1.54) is 16.8 Å². The number of aromatic nitrogens is 2. The van der Waals surface area contributed by atoms with Crippen molar-refractivity contribution in [3.05, 3.63) is 48.0 Å². The lowest BCUT2D eigenvalue weighted by Crippen LogP contribution is -2.35. The molecular formula is C13H14FN3O2. The number of aliphatic hydroxyl groups excluding tert-OH is 1. The van der Waals surface area contributed by atoms with Crippen LogP contribution in [0.4, 0.5) is 4.39 Å². The molecule has 0 unspecified atom stereocenters. The summed E-state index contributed by atoms with van der Waals surface area (Å²) in [5.41, 5.74) is 0.903. The lowest BCUT2D eigenvalue weighted by molar-refractivity contribution is 0.0917. The van der Waals surface area contributed by atoms with Crippen molar-refractivity contribution in [2.24, 2.45) is 0 Å². The van der Waals surface area contributed by atoms with Crippen molar-refractivity contribution in [1.29, 1.82) is 0 Å². The van der Waals surface area contributed by atoms with Crippen molar-refractivity contribution in [2.45, 2.75) is 13.0 Å². The second kappa shape index (κ2) is 5.62. The molecule has 100 valence electrons. The number of rotatable bonds is 4. The zero-order chi connectivity index (χ0) is 13.8. The molecule has 0 spiro atoms. The van der Waals surface area contributed by atoms with Crippen LogP contribution >= 0.6 is 0 Å². The van der Waals surface area contributed by atoms with Crippen molar-refractivity contribution in [1.82, 2.24) is 15.1 Å². The molecule has 0 aliphatic rings. The van der Waals surface area contributed by atoms with E-state index in [-0.39, 0.29) is 30.1 Å². The maximum Gasteiger partial charge on any atom is 0.272 e. The molecule has 0 fully saturated rings. The average molecular weight is 263 g/mol. The first-order valence-electron chi connectivity index (χ1n) is 5.83. The van der Waals surface area contributed by atoms with Crippen LogP contribution in [0.25, 0.3) is 5.69 Å². The zero-order valence-corrected chi connectivity index (χ0v) is 10.4. The highest BCUT2D eigenvalue weighted by atomic mass is 19.1. The van der Waals surface area contributed by atoms with E-state index in [1.807, 2.05) is 0 Å². The maximum absolute atomic E-state index is 12.8. The highest BCUT2D eigenvalue weighted by molar-refractivity contribution is 5.92. The molecule has 0 aliphatic carbocycles. The standard InChI is InChI=1S/C13H14FN3O2/c1-9(8-18)15-13(19)12-6-7-17(16-12)11-4-2-10(14)3-5-11/h2-7,9,18H,8H2,1H3,(H,15,19)/t9-/m0/s1. The fraction of sp³-hybridized carbons (Fsp3) is 0.231. The van der Waals surface area contributed by atoms with Crippen LogP contribution in [0.15, 0.2) is 36.5 Å². The van der Waals surface area contributed by atoms with Gasteiger partial charge in [-0.05, 0) is 37.3 Å². The molecule has 0 radical (unpaired) electrons. The van der Waals surface area contributed by atoms with Gasteiger partial charge in [-0.25, -0.2) is 9.07 Å². The molecule has 1 heterocycles. The first kappa shape index (κ1) is 13.2. The van der Waals surface area contributed by atoms with Gasteiger partial charge in [0.25, 0.3) is 5.91 Å². The Morgan fingerprint density at radius 2 is 2.11 bits per heavy atom. The van der Waals surface area contributed by atoms with Crippen LogP contribution < -0.4 is 5.32 Å². The quantitative estimate of drug-likeness (QED) is 0.868. The summed E-state index contributed by atoms with van der Waals surface area (Å²) in [7, 11) is 0. The van der Waals surface area contributed by atoms with E-state index in [1.54, 1.807) is 31.3 Å². The summed E-state index contributed by atoms with van der Waals surface area (Å²) in [4.78, 5) is 11.8. The summed E-state index contributed by atoms with van der Waals surface area (Å²) in [6.07, 6.45) is 1.62. The Balaban J connectivity index is 2.15. The molecule has 2 rings (SSSR count). The maximum atomic E-state index is 12.8. The lowest BCUT2D eigenvalue weighted by atomic mass is 10.3. The number of halogens is 1. The number of benzene rings is 1. The third-order valence-electron chi connectivity index (χ3n) is 2.56. The Labute approximate surface area is 109 Å². The van der Waals surface area contributed by atoms with Crippen LogP contribution in [0.1, 0.15) is 17.4 Å². The van der Waals surface area contributed by atoms with E-state index in [0.29, 0.717) is 5.69 Å². The Morgan fingerprint density at radius 3 is 2.74 bits per heavy atom. The second-order valence-electron chi connectivity index (χ2n) is 4.18. The van der Waals surface area contributed by atoms with E-state index in [0.717, 1.165) is 0 Å². The van der Waals surface area contributed by atoms with Crippen molar-refractivity contribution in [3.8, 4) is 5.69 Å². The van der Waals surface area contributed by atoms with Gasteiger partial charge in [0.15, 0.2) is 5.69 Å². The van der Waals surface area contributed by atoms with Gasteiger partial charge >= 0.3 is 0 Å². The van der Waals surface area contributed by atoms with Gasteiger partial charge in [0.1, 0.15) is 5.82 Å². The molecule has 0 aliphatic heterocycles. The molecule has 0 bridgehead atoms. The van der Waals surface area contributed by atoms with Crippen molar-refractivity contribution in [3.63, 3.8) is 0 Å². The number of carbonyl (C=O) groups is 1. The first-order chi connectivity index (χ1) is 9.10. The molecule has 1 atom stereocenters. The highest BCUT2D eigenvalue weighted by Crippen LogP contribution is 2.09. The molecule has 2 N–H and O–H groups in total. The van der Waals surface area contributed by atoms with E-state index in [4.69, 9.17) is 5.11 Å². The molecule has 6 heteroatoms. The number of hydrogen-bond donors (Lipinski definition) is 2. The minimum Gasteiger partial charge on any atom is -0.394 e. The first-order valence-corrected chi connectivity index (χ1v) is 5.83. The fourth-order valence-electron chi connectivity index (χ4n) is 1.53. The normalized spacial score (nSPS) is 12.2. The van der Waals surface area contributed by atoms with Crippen LogP contribution in [-0.2, 0) is 0 Å². The molecule has 19 heavy (non-hydrogen) atoms. The van der Waals surface area contributed by atoms with Crippen LogP contribution in [-0.4, -0.2) is 33.4 Å². The van der Waals surface area contributed by atoms with Crippen LogP contribution in [0, 0.1) is 5.82 Å². The smallest absolute Gasteiger partial charge is 0.272 e. The Hall–Kier alpha value is -2.21. The monoisotopic (exact) mass is 263 g/mol. The number of amides is 1. The molecule has 0 saturated carbocycles. The number of nitrogens with zero attached hydrogens (tertiary/aromatic N) is 2. The van der Waals surface area contributed by atoms with Crippen molar-refractivity contribution < 1.29 is 14.3 Å². The van der Waals surface area contributed by atoms with Crippen LogP contribution in [0.2, 0.25) is 0 Å². The molecule has 1 amide bonds. The number of carbonyl (C=O) groups excluding carboxylic acids is 1. The minimum absolute atomic E-state index is 0.135.